The zero-order valence-electron chi connectivity index (χ0n) is 14.0. The molecule has 0 atom stereocenters. The van der Waals surface area contributed by atoms with Gasteiger partial charge in [-0.15, -0.1) is 0 Å². The highest BCUT2D eigenvalue weighted by Gasteiger charge is 2.16. The highest BCUT2D eigenvalue weighted by Crippen LogP contribution is 2.32. The molecule has 0 amide bonds. The Bertz CT molecular complexity index is 1110. The maximum absolute atomic E-state index is 11.8. The number of hydrogen-bond donors (Lipinski definition) is 1. The molecule has 0 saturated carbocycles. The molecule has 0 bridgehead atoms. The SMILES string of the molecule is CCn1cc(/C=C(\Sc2nc3ccccc3o2)C(=O)O)c2ccccc21. The lowest BCUT2D eigenvalue weighted by molar-refractivity contribution is -0.131. The Kier molecular flexibility index (Phi) is 4.26. The number of nitrogens with zero attached hydrogens (tertiary/aromatic N) is 2. The van der Waals surface area contributed by atoms with E-state index in [0.29, 0.717) is 16.3 Å². The Morgan fingerprint density at radius 2 is 2.00 bits per heavy atom. The minimum Gasteiger partial charge on any atom is -0.477 e. The number of oxazole rings is 1. The number of fused-ring (bicyclic) bond motifs is 2. The second-order valence-corrected chi connectivity index (χ2v) is 6.74. The van der Waals surface area contributed by atoms with E-state index in [2.05, 4.69) is 16.5 Å². The molecule has 26 heavy (non-hydrogen) atoms. The van der Waals surface area contributed by atoms with Crippen molar-refractivity contribution in [2.24, 2.45) is 0 Å². The molecule has 0 saturated heterocycles. The molecule has 0 spiro atoms. The molecule has 0 aliphatic carbocycles. The Morgan fingerprint density at radius 3 is 2.77 bits per heavy atom. The van der Waals surface area contributed by atoms with E-state index >= 15 is 0 Å². The van der Waals surface area contributed by atoms with Gasteiger partial charge in [0.2, 0.25) is 0 Å². The highest BCUT2D eigenvalue weighted by molar-refractivity contribution is 8.03. The van der Waals surface area contributed by atoms with Gasteiger partial charge >= 0.3 is 5.97 Å². The van der Waals surface area contributed by atoms with E-state index in [4.69, 9.17) is 4.42 Å². The number of rotatable bonds is 5. The summed E-state index contributed by atoms with van der Waals surface area (Å²) in [6.07, 6.45) is 3.65. The summed E-state index contributed by atoms with van der Waals surface area (Å²) in [6, 6.07) is 15.3. The maximum Gasteiger partial charge on any atom is 0.342 e. The first-order valence-corrected chi connectivity index (χ1v) is 9.03. The van der Waals surface area contributed by atoms with Crippen molar-refractivity contribution < 1.29 is 14.3 Å². The van der Waals surface area contributed by atoms with E-state index in [9.17, 15) is 9.90 Å². The van der Waals surface area contributed by atoms with E-state index < -0.39 is 5.97 Å². The predicted octanol–water partition coefficient (Wildman–Crippen LogP) is 5.02. The summed E-state index contributed by atoms with van der Waals surface area (Å²) in [5.74, 6) is -1.01. The van der Waals surface area contributed by atoms with Gasteiger partial charge in [-0.25, -0.2) is 9.78 Å². The monoisotopic (exact) mass is 364 g/mol. The van der Waals surface area contributed by atoms with Crippen LogP contribution in [0.1, 0.15) is 12.5 Å². The van der Waals surface area contributed by atoms with E-state index in [1.807, 2.05) is 54.7 Å². The van der Waals surface area contributed by atoms with Gasteiger partial charge in [-0.05, 0) is 43.0 Å². The number of carbonyl (C=O) groups is 1. The lowest BCUT2D eigenvalue weighted by Gasteiger charge is -1.98. The van der Waals surface area contributed by atoms with Crippen LogP contribution in [-0.2, 0) is 11.3 Å². The predicted molar refractivity (Wildman–Crippen MR) is 103 cm³/mol. The Balaban J connectivity index is 1.76. The largest absolute Gasteiger partial charge is 0.477 e. The summed E-state index contributed by atoms with van der Waals surface area (Å²) in [6.45, 7) is 2.88. The average Bonchev–Trinajstić information content (AvgIpc) is 3.22. The molecule has 0 aliphatic heterocycles. The van der Waals surface area contributed by atoms with Crippen LogP contribution in [0.2, 0.25) is 0 Å². The molecule has 1 N–H and O–H groups in total. The zero-order valence-corrected chi connectivity index (χ0v) is 14.9. The fraction of sp³-hybridized carbons (Fsp3) is 0.100. The number of aryl methyl sites for hydroxylation is 1. The van der Waals surface area contributed by atoms with Gasteiger partial charge in [-0.2, -0.15) is 0 Å². The van der Waals surface area contributed by atoms with Crippen molar-refractivity contribution in [2.45, 2.75) is 18.7 Å². The molecule has 2 heterocycles. The third-order valence-electron chi connectivity index (χ3n) is 4.13. The maximum atomic E-state index is 11.8. The van der Waals surface area contributed by atoms with Gasteiger partial charge in [0.25, 0.3) is 5.22 Å². The third-order valence-corrected chi connectivity index (χ3v) is 4.99. The van der Waals surface area contributed by atoms with Crippen LogP contribution in [0.25, 0.3) is 28.1 Å². The second kappa shape index (κ2) is 6.72. The second-order valence-electron chi connectivity index (χ2n) is 5.75. The molecule has 4 aromatic rings. The number of aliphatic carboxylic acids is 1. The topological polar surface area (TPSA) is 68.3 Å². The number of hydrogen-bond acceptors (Lipinski definition) is 4. The minimum atomic E-state index is -1.01. The molecule has 0 aliphatic rings. The van der Waals surface area contributed by atoms with E-state index in [-0.39, 0.29) is 4.91 Å². The molecule has 2 aromatic heterocycles. The van der Waals surface area contributed by atoms with Crippen molar-refractivity contribution in [1.29, 1.82) is 0 Å². The van der Waals surface area contributed by atoms with Crippen LogP contribution in [0.5, 0.6) is 0 Å². The van der Waals surface area contributed by atoms with Crippen LogP contribution in [0.15, 0.2) is 69.3 Å². The van der Waals surface area contributed by atoms with E-state index in [1.54, 1.807) is 6.08 Å². The molecule has 4 rings (SSSR count). The zero-order chi connectivity index (χ0) is 18.1. The van der Waals surface area contributed by atoms with Crippen molar-refractivity contribution in [3.05, 3.63) is 65.2 Å². The number of carboxylic acid groups (broad SMARTS) is 1. The molecule has 6 heteroatoms. The van der Waals surface area contributed by atoms with Crippen molar-refractivity contribution in [2.75, 3.05) is 0 Å². The van der Waals surface area contributed by atoms with Gasteiger partial charge in [0.15, 0.2) is 5.58 Å². The number of para-hydroxylation sites is 3. The third kappa shape index (κ3) is 2.99. The molecular weight excluding hydrogens is 348 g/mol. The summed E-state index contributed by atoms with van der Waals surface area (Å²) >= 11 is 1.02. The van der Waals surface area contributed by atoms with Crippen molar-refractivity contribution >= 4 is 45.8 Å². The van der Waals surface area contributed by atoms with Gasteiger partial charge < -0.3 is 14.1 Å². The van der Waals surface area contributed by atoms with Gasteiger partial charge in [-0.3, -0.25) is 0 Å². The summed E-state index contributed by atoms with van der Waals surface area (Å²) < 4.78 is 7.74. The Hall–Kier alpha value is -2.99. The quantitative estimate of drug-likeness (QED) is 0.398. The molecule has 0 fully saturated rings. The molecule has 0 unspecified atom stereocenters. The minimum absolute atomic E-state index is 0.163. The summed E-state index contributed by atoms with van der Waals surface area (Å²) in [7, 11) is 0. The van der Waals surface area contributed by atoms with Crippen LogP contribution in [0, 0.1) is 0 Å². The number of aromatic nitrogens is 2. The summed E-state index contributed by atoms with van der Waals surface area (Å²) in [5, 5.41) is 11.0. The first-order valence-electron chi connectivity index (χ1n) is 8.22. The smallest absolute Gasteiger partial charge is 0.342 e. The van der Waals surface area contributed by atoms with Crippen LogP contribution in [0.4, 0.5) is 0 Å². The van der Waals surface area contributed by atoms with Crippen LogP contribution in [0.3, 0.4) is 0 Å². The van der Waals surface area contributed by atoms with Crippen LogP contribution in [-0.4, -0.2) is 20.6 Å². The van der Waals surface area contributed by atoms with Gasteiger partial charge in [-0.1, -0.05) is 30.3 Å². The fourth-order valence-corrected chi connectivity index (χ4v) is 3.65. The van der Waals surface area contributed by atoms with Gasteiger partial charge in [0, 0.05) is 29.2 Å². The fourth-order valence-electron chi connectivity index (χ4n) is 2.92. The Labute approximate surface area is 153 Å². The van der Waals surface area contributed by atoms with E-state index in [0.717, 1.165) is 34.8 Å². The molecule has 130 valence electrons. The number of carboxylic acids is 1. The first-order chi connectivity index (χ1) is 12.7. The lowest BCUT2D eigenvalue weighted by Crippen LogP contribution is -1.96. The van der Waals surface area contributed by atoms with Gasteiger partial charge in [0.05, 0.1) is 0 Å². The molecule has 5 nitrogen and oxygen atoms in total. The number of benzene rings is 2. The van der Waals surface area contributed by atoms with Crippen molar-refractivity contribution in [1.82, 2.24) is 9.55 Å². The normalized spacial score (nSPS) is 12.1. The summed E-state index contributed by atoms with van der Waals surface area (Å²) in [5.41, 5.74) is 3.30. The molecule has 0 radical (unpaired) electrons. The Morgan fingerprint density at radius 1 is 1.23 bits per heavy atom. The number of thioether (sulfide) groups is 1. The van der Waals surface area contributed by atoms with E-state index in [1.165, 1.54) is 0 Å². The highest BCUT2D eigenvalue weighted by atomic mass is 32.2. The molecular formula is C20H16N2O3S. The summed E-state index contributed by atoms with van der Waals surface area (Å²) in [4.78, 5) is 16.3. The van der Waals surface area contributed by atoms with Crippen molar-refractivity contribution in [3.63, 3.8) is 0 Å². The first kappa shape index (κ1) is 16.5. The average molecular weight is 364 g/mol. The van der Waals surface area contributed by atoms with Crippen LogP contribution >= 0.6 is 11.8 Å². The standard InChI is InChI=1S/C20H16N2O3S/c1-2-22-12-13(14-7-3-5-9-16(14)22)11-18(19(23)24)26-20-21-15-8-4-6-10-17(15)25-20/h3-12H,2H2,1H3,(H,23,24)/b18-11-. The van der Waals surface area contributed by atoms with Crippen LogP contribution < -0.4 is 0 Å². The molecule has 2 aromatic carbocycles. The lowest BCUT2D eigenvalue weighted by atomic mass is 10.1. The van der Waals surface area contributed by atoms with Gasteiger partial charge in [0.1, 0.15) is 10.4 Å². The van der Waals surface area contributed by atoms with Crippen molar-refractivity contribution in [3.8, 4) is 0 Å².